The Labute approximate surface area is 199 Å². The van der Waals surface area contributed by atoms with Crippen molar-refractivity contribution in [3.05, 3.63) is 94.0 Å². The lowest BCUT2D eigenvalue weighted by Gasteiger charge is -2.15. The Hall–Kier alpha value is -4.30. The van der Waals surface area contributed by atoms with E-state index < -0.39 is 17.8 Å². The number of hydrazine groups is 1. The van der Waals surface area contributed by atoms with Crippen LogP contribution in [0, 0.1) is 0 Å². The molecule has 172 valence electrons. The van der Waals surface area contributed by atoms with Gasteiger partial charge in [-0.15, -0.1) is 0 Å². The number of anilines is 1. The van der Waals surface area contributed by atoms with Crippen LogP contribution in [-0.4, -0.2) is 30.0 Å². The average molecular weight is 479 g/mol. The first-order valence-electron chi connectivity index (χ1n) is 10.1. The molecule has 0 aromatic heterocycles. The Balaban J connectivity index is 1.68. The zero-order chi connectivity index (χ0) is 24.2. The van der Waals surface area contributed by atoms with Crippen molar-refractivity contribution >= 4 is 41.1 Å². The lowest BCUT2D eigenvalue weighted by atomic mass is 10.1. The molecular formula is C25H19ClN2O6. The van der Waals surface area contributed by atoms with E-state index in [1.807, 2.05) is 0 Å². The lowest BCUT2D eigenvalue weighted by molar-refractivity contribution is -0.117. The van der Waals surface area contributed by atoms with E-state index in [-0.39, 0.29) is 23.5 Å². The number of halogens is 1. The van der Waals surface area contributed by atoms with Crippen LogP contribution in [0.1, 0.15) is 21.5 Å². The van der Waals surface area contributed by atoms with Crippen LogP contribution in [0.25, 0.3) is 6.08 Å². The largest absolute Gasteiger partial charge is 0.493 e. The molecule has 34 heavy (non-hydrogen) atoms. The van der Waals surface area contributed by atoms with Crippen LogP contribution in [0.4, 0.5) is 5.69 Å². The Morgan fingerprint density at radius 2 is 1.85 bits per heavy atom. The number of carbonyl (C=O) groups is 3. The zero-order valence-electron chi connectivity index (χ0n) is 17.9. The third kappa shape index (κ3) is 4.72. The van der Waals surface area contributed by atoms with Crippen molar-refractivity contribution in [1.82, 2.24) is 5.43 Å². The third-order valence-electron chi connectivity index (χ3n) is 5.03. The minimum absolute atomic E-state index is 0.0194. The highest BCUT2D eigenvalue weighted by Crippen LogP contribution is 2.37. The van der Waals surface area contributed by atoms with Crippen molar-refractivity contribution in [2.24, 2.45) is 0 Å². The monoisotopic (exact) mass is 478 g/mol. The maximum absolute atomic E-state index is 13.0. The summed E-state index contributed by atoms with van der Waals surface area (Å²) in [6.07, 6.45) is 1.39. The highest BCUT2D eigenvalue weighted by molar-refractivity contribution is 6.32. The molecule has 0 saturated carbocycles. The number of rotatable bonds is 7. The fourth-order valence-corrected chi connectivity index (χ4v) is 3.64. The number of benzene rings is 3. The van der Waals surface area contributed by atoms with Crippen molar-refractivity contribution in [3.63, 3.8) is 0 Å². The number of aromatic carboxylic acids is 1. The maximum Gasteiger partial charge on any atom is 0.335 e. The second-order valence-electron chi connectivity index (χ2n) is 7.30. The van der Waals surface area contributed by atoms with E-state index in [1.165, 1.54) is 25.3 Å². The van der Waals surface area contributed by atoms with E-state index in [4.69, 9.17) is 21.1 Å². The summed E-state index contributed by atoms with van der Waals surface area (Å²) >= 11 is 6.23. The van der Waals surface area contributed by atoms with Crippen LogP contribution in [0.3, 0.4) is 0 Å². The number of nitrogens with zero attached hydrogens (tertiary/aromatic N) is 1. The molecular weight excluding hydrogens is 460 g/mol. The predicted octanol–water partition coefficient (Wildman–Crippen LogP) is 4.09. The quantitative estimate of drug-likeness (QED) is 0.391. The Kier molecular flexibility index (Phi) is 6.51. The molecule has 2 amide bonds. The van der Waals surface area contributed by atoms with E-state index in [9.17, 15) is 19.5 Å². The summed E-state index contributed by atoms with van der Waals surface area (Å²) in [6.45, 7) is 0.0194. The van der Waals surface area contributed by atoms with E-state index in [2.05, 4.69) is 5.43 Å². The summed E-state index contributed by atoms with van der Waals surface area (Å²) < 4.78 is 11.3. The number of methoxy groups -OCH3 is 1. The normalized spacial score (nSPS) is 14.3. The highest BCUT2D eigenvalue weighted by atomic mass is 35.5. The smallest absolute Gasteiger partial charge is 0.335 e. The van der Waals surface area contributed by atoms with Gasteiger partial charge < -0.3 is 14.6 Å². The number of carbonyl (C=O) groups excluding carboxylic acids is 2. The van der Waals surface area contributed by atoms with E-state index in [0.717, 1.165) is 5.01 Å². The molecule has 3 aromatic rings. The summed E-state index contributed by atoms with van der Waals surface area (Å²) in [5.74, 6) is -1.62. The first kappa shape index (κ1) is 22.9. The molecule has 1 fully saturated rings. The van der Waals surface area contributed by atoms with Crippen molar-refractivity contribution in [1.29, 1.82) is 0 Å². The fraction of sp³-hybridized carbons (Fsp3) is 0.0800. The standard InChI is InChI=1S/C25H19ClN2O6/c1-33-21-13-18(26)11-17(22(21)34-14-15-6-5-7-16(10-15)25(31)32)12-20-23(29)27-28(24(20)30)19-8-3-2-4-9-19/h2-13H,14H2,1H3,(H,27,29)(H,31,32)/b20-12+. The molecule has 9 heteroatoms. The average Bonchev–Trinajstić information content (AvgIpc) is 3.12. The summed E-state index contributed by atoms with van der Waals surface area (Å²) in [5.41, 5.74) is 4.05. The van der Waals surface area contributed by atoms with Gasteiger partial charge in [0.2, 0.25) is 0 Å². The van der Waals surface area contributed by atoms with Gasteiger partial charge in [0.05, 0.1) is 18.4 Å². The number of para-hydroxylation sites is 1. The van der Waals surface area contributed by atoms with Crippen molar-refractivity contribution < 1.29 is 29.0 Å². The number of carboxylic acids is 1. The third-order valence-corrected chi connectivity index (χ3v) is 5.25. The number of carboxylic acid groups (broad SMARTS) is 1. The molecule has 1 heterocycles. The minimum atomic E-state index is -1.05. The van der Waals surface area contributed by atoms with Gasteiger partial charge in [-0.25, -0.2) is 9.80 Å². The molecule has 0 radical (unpaired) electrons. The predicted molar refractivity (Wildman–Crippen MR) is 126 cm³/mol. The van der Waals surface area contributed by atoms with E-state index >= 15 is 0 Å². The van der Waals surface area contributed by atoms with Gasteiger partial charge in [-0.3, -0.25) is 15.0 Å². The van der Waals surface area contributed by atoms with E-state index in [0.29, 0.717) is 27.6 Å². The first-order chi connectivity index (χ1) is 16.4. The molecule has 0 unspecified atom stereocenters. The van der Waals surface area contributed by atoms with Gasteiger partial charge in [0.15, 0.2) is 11.5 Å². The van der Waals surface area contributed by atoms with Crippen molar-refractivity contribution in [2.75, 3.05) is 12.1 Å². The van der Waals surface area contributed by atoms with Gasteiger partial charge in [0.25, 0.3) is 11.8 Å². The van der Waals surface area contributed by atoms with E-state index in [1.54, 1.807) is 54.6 Å². The lowest BCUT2D eigenvalue weighted by Crippen LogP contribution is -2.35. The summed E-state index contributed by atoms with van der Waals surface area (Å²) in [7, 11) is 1.44. The second kappa shape index (κ2) is 9.68. The zero-order valence-corrected chi connectivity index (χ0v) is 18.7. The Morgan fingerprint density at radius 1 is 1.09 bits per heavy atom. The molecule has 0 atom stereocenters. The molecule has 4 rings (SSSR count). The number of hydrogen-bond acceptors (Lipinski definition) is 5. The topological polar surface area (TPSA) is 105 Å². The maximum atomic E-state index is 13.0. The molecule has 0 aliphatic carbocycles. The molecule has 1 aliphatic heterocycles. The molecule has 0 bridgehead atoms. The Bertz CT molecular complexity index is 1310. The Morgan fingerprint density at radius 3 is 2.56 bits per heavy atom. The number of nitrogens with one attached hydrogen (secondary N) is 1. The number of hydrogen-bond donors (Lipinski definition) is 2. The molecule has 1 aliphatic rings. The van der Waals surface area contributed by atoms with Crippen LogP contribution in [0.2, 0.25) is 5.02 Å². The SMILES string of the molecule is COc1cc(Cl)cc(/C=C2\C(=O)NN(c3ccccc3)C2=O)c1OCc1cccc(C(=O)O)c1. The molecule has 0 spiro atoms. The summed E-state index contributed by atoms with van der Waals surface area (Å²) in [5, 5.41) is 10.7. The number of ether oxygens (including phenoxy) is 2. The first-order valence-corrected chi connectivity index (χ1v) is 10.5. The summed E-state index contributed by atoms with van der Waals surface area (Å²) in [6, 6.07) is 18.1. The van der Waals surface area contributed by atoms with Crippen molar-refractivity contribution in [3.8, 4) is 11.5 Å². The van der Waals surface area contributed by atoms with Crippen LogP contribution in [-0.2, 0) is 16.2 Å². The van der Waals surface area contributed by atoms with Crippen LogP contribution >= 0.6 is 11.6 Å². The van der Waals surface area contributed by atoms with Crippen LogP contribution < -0.4 is 19.9 Å². The second-order valence-corrected chi connectivity index (χ2v) is 7.73. The fourth-order valence-electron chi connectivity index (χ4n) is 3.42. The van der Waals surface area contributed by atoms with Gasteiger partial charge in [0, 0.05) is 16.7 Å². The molecule has 2 N–H and O–H groups in total. The van der Waals surface area contributed by atoms with Gasteiger partial charge in [-0.2, -0.15) is 0 Å². The van der Waals surface area contributed by atoms with Crippen LogP contribution in [0.5, 0.6) is 11.5 Å². The van der Waals surface area contributed by atoms with Gasteiger partial charge in [-0.05, 0) is 42.0 Å². The van der Waals surface area contributed by atoms with Gasteiger partial charge >= 0.3 is 5.97 Å². The van der Waals surface area contributed by atoms with Crippen molar-refractivity contribution in [2.45, 2.75) is 6.61 Å². The molecule has 8 nitrogen and oxygen atoms in total. The van der Waals surface area contributed by atoms with Gasteiger partial charge in [0.1, 0.15) is 12.2 Å². The molecule has 3 aromatic carbocycles. The summed E-state index contributed by atoms with van der Waals surface area (Å²) in [4.78, 5) is 36.8. The molecule has 1 saturated heterocycles. The van der Waals surface area contributed by atoms with Crippen LogP contribution in [0.15, 0.2) is 72.3 Å². The minimum Gasteiger partial charge on any atom is -0.493 e. The van der Waals surface area contributed by atoms with Gasteiger partial charge in [-0.1, -0.05) is 41.9 Å². The highest BCUT2D eigenvalue weighted by Gasteiger charge is 2.34. The number of amides is 2.